The topological polar surface area (TPSA) is 95.0 Å². The average Bonchev–Trinajstić information content (AvgIpc) is 3.03. The van der Waals surface area contributed by atoms with Crippen molar-refractivity contribution < 1.29 is 30.7 Å². The van der Waals surface area contributed by atoms with Gasteiger partial charge in [0.2, 0.25) is 20.0 Å². The largest absolute Gasteiger partial charge is 0.505 e. The summed E-state index contributed by atoms with van der Waals surface area (Å²) >= 11 is 30.9. The number of benzene rings is 5. The van der Waals surface area contributed by atoms with Gasteiger partial charge in [-0.1, -0.05) is 88.3 Å². The number of halogens is 7. The van der Waals surface area contributed by atoms with Crippen LogP contribution in [0.2, 0.25) is 25.1 Å². The maximum Gasteiger partial charge on any atom is 0.247 e. The van der Waals surface area contributed by atoms with Crippen LogP contribution in [-0.2, 0) is 46.2 Å². The van der Waals surface area contributed by atoms with Crippen molar-refractivity contribution in [1.29, 1.82) is 0 Å². The zero-order chi connectivity index (χ0) is 36.4. The van der Waals surface area contributed by atoms with E-state index in [2.05, 4.69) is 0 Å². The summed E-state index contributed by atoms with van der Waals surface area (Å²) in [5, 5.41) is 10.7. The average molecular weight is 821 g/mol. The van der Waals surface area contributed by atoms with Gasteiger partial charge in [0.25, 0.3) is 0 Å². The van der Waals surface area contributed by atoms with E-state index in [4.69, 9.17) is 58.0 Å². The minimum Gasteiger partial charge on any atom is -0.505 e. The van der Waals surface area contributed by atoms with E-state index in [0.717, 1.165) is 14.7 Å². The van der Waals surface area contributed by atoms with Gasteiger partial charge in [-0.15, -0.1) is 0 Å². The summed E-state index contributed by atoms with van der Waals surface area (Å²) in [5.74, 6) is -1.74. The van der Waals surface area contributed by atoms with Crippen LogP contribution >= 0.6 is 58.0 Å². The van der Waals surface area contributed by atoms with Gasteiger partial charge in [-0.05, 0) is 89.0 Å². The Morgan fingerprint density at radius 2 is 0.900 bits per heavy atom. The minimum absolute atomic E-state index is 0.0402. The third kappa shape index (κ3) is 9.27. The van der Waals surface area contributed by atoms with Gasteiger partial charge < -0.3 is 5.11 Å². The van der Waals surface area contributed by atoms with Crippen molar-refractivity contribution in [3.63, 3.8) is 0 Å². The Morgan fingerprint density at radius 3 is 1.38 bits per heavy atom. The maximum absolute atomic E-state index is 14.1. The lowest BCUT2D eigenvalue weighted by Gasteiger charge is -2.25. The molecule has 0 aliphatic carbocycles. The molecule has 0 aromatic heterocycles. The Bertz CT molecular complexity index is 2240. The molecule has 262 valence electrons. The highest BCUT2D eigenvalue weighted by atomic mass is 35.5. The summed E-state index contributed by atoms with van der Waals surface area (Å²) in [5.41, 5.74) is 1.61. The molecule has 0 saturated carbocycles. The summed E-state index contributed by atoms with van der Waals surface area (Å²) in [6.45, 7) is -1.04. The van der Waals surface area contributed by atoms with Gasteiger partial charge in [0.05, 0.1) is 9.92 Å². The normalized spacial score (nSPS) is 12.2. The van der Waals surface area contributed by atoms with Crippen molar-refractivity contribution in [2.75, 3.05) is 0 Å². The van der Waals surface area contributed by atoms with E-state index in [1.165, 1.54) is 84.9 Å². The molecular weight excluding hydrogens is 796 g/mol. The Morgan fingerprint density at radius 1 is 0.500 bits per heavy atom. The van der Waals surface area contributed by atoms with E-state index in [-0.39, 0.29) is 56.2 Å². The monoisotopic (exact) mass is 818 g/mol. The first-order chi connectivity index (χ1) is 23.5. The molecular formula is C34H25Cl5F2N2O5S2. The minimum atomic E-state index is -4.53. The predicted octanol–water partition coefficient (Wildman–Crippen LogP) is 9.72. The molecule has 0 unspecified atom stereocenters. The molecule has 5 aromatic rings. The maximum atomic E-state index is 14.1. The standard InChI is InChI=1S/C34H25Cl5F2N2O5S2/c35-25-10-23(19-42(17-21-1-5-29(40)6-2-21)49(45,46)31-13-26(36)12-27(37)14-31)9-24(11-25)20-43(18-22-3-7-30(41)8-4-22)50(47,48)33-16-28(38)15-32(39)34(33)44/h1-16,44H,17-20H2. The van der Waals surface area contributed by atoms with Crippen LogP contribution in [0.4, 0.5) is 8.78 Å². The van der Waals surface area contributed by atoms with Crippen molar-refractivity contribution >= 4 is 78.1 Å². The van der Waals surface area contributed by atoms with Crippen molar-refractivity contribution in [2.45, 2.75) is 36.0 Å². The quantitative estimate of drug-likeness (QED) is 0.135. The van der Waals surface area contributed by atoms with Crippen LogP contribution in [0.5, 0.6) is 5.75 Å². The summed E-state index contributed by atoms with van der Waals surface area (Å²) in [4.78, 5) is -0.743. The fourth-order valence-electron chi connectivity index (χ4n) is 5.05. The molecule has 0 fully saturated rings. The highest BCUT2D eigenvalue weighted by Gasteiger charge is 2.31. The Balaban J connectivity index is 1.55. The molecule has 0 amide bonds. The van der Waals surface area contributed by atoms with E-state index in [1.54, 1.807) is 6.07 Å². The lowest BCUT2D eigenvalue weighted by Crippen LogP contribution is -2.31. The molecule has 5 rings (SSSR count). The zero-order valence-corrected chi connectivity index (χ0v) is 30.9. The second-order valence-corrected chi connectivity index (χ2v) is 17.1. The third-order valence-corrected chi connectivity index (χ3v) is 12.1. The smallest absolute Gasteiger partial charge is 0.247 e. The van der Waals surface area contributed by atoms with Crippen molar-refractivity contribution in [2.24, 2.45) is 0 Å². The molecule has 0 spiro atoms. The summed E-state index contributed by atoms with van der Waals surface area (Å²) in [7, 11) is -8.81. The van der Waals surface area contributed by atoms with E-state index < -0.39 is 42.3 Å². The fourth-order valence-corrected chi connectivity index (χ4v) is 9.63. The molecule has 16 heteroatoms. The predicted molar refractivity (Wildman–Crippen MR) is 192 cm³/mol. The van der Waals surface area contributed by atoms with E-state index in [1.807, 2.05) is 0 Å². The highest BCUT2D eigenvalue weighted by Crippen LogP contribution is 2.37. The summed E-state index contributed by atoms with van der Waals surface area (Å²) < 4.78 is 85.7. The number of nitrogens with zero attached hydrogens (tertiary/aromatic N) is 2. The number of rotatable bonds is 12. The first-order valence-corrected chi connectivity index (χ1v) is 19.2. The number of phenols is 1. The number of phenolic OH excluding ortho intramolecular Hbond substituents is 1. The molecule has 0 bridgehead atoms. The van der Waals surface area contributed by atoms with Gasteiger partial charge in [-0.2, -0.15) is 8.61 Å². The van der Waals surface area contributed by atoms with Gasteiger partial charge in [-0.3, -0.25) is 0 Å². The van der Waals surface area contributed by atoms with E-state index >= 15 is 0 Å². The van der Waals surface area contributed by atoms with Gasteiger partial charge >= 0.3 is 0 Å². The molecule has 1 N–H and O–H groups in total. The molecule has 0 radical (unpaired) electrons. The number of sulfonamides is 2. The Hall–Kier alpha value is -2.97. The van der Waals surface area contributed by atoms with Gasteiger partial charge in [0, 0.05) is 46.3 Å². The first kappa shape index (κ1) is 38.3. The molecule has 0 heterocycles. The highest BCUT2D eigenvalue weighted by molar-refractivity contribution is 7.89. The lowest BCUT2D eigenvalue weighted by atomic mass is 10.1. The molecule has 0 aliphatic heterocycles. The molecule has 50 heavy (non-hydrogen) atoms. The second-order valence-electron chi connectivity index (χ2n) is 11.1. The summed E-state index contributed by atoms with van der Waals surface area (Å²) in [6, 6.07) is 21.2. The van der Waals surface area contributed by atoms with Gasteiger partial charge in [0.15, 0.2) is 5.75 Å². The van der Waals surface area contributed by atoms with Gasteiger partial charge in [0.1, 0.15) is 16.5 Å². The Kier molecular flexibility index (Phi) is 12.0. The Labute approximate surface area is 313 Å². The van der Waals surface area contributed by atoms with Crippen LogP contribution in [0.25, 0.3) is 0 Å². The van der Waals surface area contributed by atoms with Crippen LogP contribution in [0.15, 0.2) is 107 Å². The molecule has 5 aromatic carbocycles. The van der Waals surface area contributed by atoms with Crippen LogP contribution in [0, 0.1) is 11.6 Å². The van der Waals surface area contributed by atoms with Crippen LogP contribution in [0.3, 0.4) is 0 Å². The van der Waals surface area contributed by atoms with Crippen LogP contribution in [-0.4, -0.2) is 30.6 Å². The van der Waals surface area contributed by atoms with Gasteiger partial charge in [-0.25, -0.2) is 25.6 Å². The lowest BCUT2D eigenvalue weighted by molar-refractivity contribution is 0.392. The van der Waals surface area contributed by atoms with Crippen molar-refractivity contribution in [3.05, 3.63) is 156 Å². The summed E-state index contributed by atoms with van der Waals surface area (Å²) in [6.07, 6.45) is 0. The fraction of sp³-hybridized carbons (Fsp3) is 0.118. The molecule has 7 nitrogen and oxygen atoms in total. The molecule has 0 aliphatic rings. The van der Waals surface area contributed by atoms with E-state index in [0.29, 0.717) is 22.3 Å². The molecule has 0 saturated heterocycles. The zero-order valence-electron chi connectivity index (χ0n) is 25.5. The van der Waals surface area contributed by atoms with Crippen LogP contribution < -0.4 is 0 Å². The SMILES string of the molecule is O=S(=O)(c1cc(Cl)cc(Cl)c1)N(Cc1ccc(F)cc1)Cc1cc(Cl)cc(CN(Cc2ccc(F)cc2)S(=O)(=O)c2cc(Cl)cc(Cl)c2O)c1. The van der Waals surface area contributed by atoms with Crippen LogP contribution in [0.1, 0.15) is 22.3 Å². The van der Waals surface area contributed by atoms with Crippen molar-refractivity contribution in [1.82, 2.24) is 8.61 Å². The van der Waals surface area contributed by atoms with Crippen molar-refractivity contribution in [3.8, 4) is 5.75 Å². The number of hydrogen-bond acceptors (Lipinski definition) is 5. The first-order valence-electron chi connectivity index (χ1n) is 14.4. The number of hydrogen-bond donors (Lipinski definition) is 1. The molecule has 0 atom stereocenters. The number of aromatic hydroxyl groups is 1. The third-order valence-electron chi connectivity index (χ3n) is 7.36. The van der Waals surface area contributed by atoms with E-state index in [9.17, 15) is 30.7 Å². The second kappa shape index (κ2) is 15.7.